The Hall–Kier alpha value is -1.12. The molecule has 1 aromatic carbocycles. The molecule has 0 saturated carbocycles. The van der Waals surface area contributed by atoms with Crippen LogP contribution in [0.25, 0.3) is 0 Å². The highest BCUT2D eigenvalue weighted by Gasteiger charge is 2.30. The molecule has 1 rings (SSSR count). The van der Waals surface area contributed by atoms with Crippen molar-refractivity contribution in [2.45, 2.75) is 11.1 Å². The molecule has 0 saturated heterocycles. The van der Waals surface area contributed by atoms with Crippen LogP contribution in [0.15, 0.2) is 29.2 Å². The Labute approximate surface area is 106 Å². The molecular weight excluding hydrogens is 295 g/mol. The van der Waals surface area contributed by atoms with Crippen molar-refractivity contribution >= 4 is 26.9 Å². The molecule has 0 amide bonds. The van der Waals surface area contributed by atoms with Crippen molar-refractivity contribution in [3.63, 3.8) is 0 Å². The third-order valence-corrected chi connectivity index (χ3v) is 3.44. The summed E-state index contributed by atoms with van der Waals surface area (Å²) in [6.45, 7) is -0.634. The van der Waals surface area contributed by atoms with Crippen LogP contribution in [0.1, 0.15) is 5.56 Å². The summed E-state index contributed by atoms with van der Waals surface area (Å²) in [5.74, 6) is 0. The summed E-state index contributed by atoms with van der Waals surface area (Å²) in [5, 5.41) is -0.925. The highest BCUT2D eigenvalue weighted by molar-refractivity contribution is 7.89. The molecule has 1 N–H and O–H groups in total. The molecule has 100 valence electrons. The Morgan fingerprint density at radius 3 is 2.11 bits per heavy atom. The Kier molecular flexibility index (Phi) is 4.36. The van der Waals surface area contributed by atoms with Gasteiger partial charge in [0.05, 0.1) is 17.0 Å². The van der Waals surface area contributed by atoms with Gasteiger partial charge < -0.3 is 0 Å². The minimum absolute atomic E-state index is 0.381. The van der Waals surface area contributed by atoms with E-state index in [2.05, 4.69) is 0 Å². The molecule has 0 aliphatic heterocycles. The first-order valence-corrected chi connectivity index (χ1v) is 6.34. The second-order valence-corrected chi connectivity index (χ2v) is 5.39. The summed E-state index contributed by atoms with van der Waals surface area (Å²) in [5.41, 5.74) is -0.963. The highest BCUT2D eigenvalue weighted by Crippen LogP contribution is 2.29. The van der Waals surface area contributed by atoms with Crippen molar-refractivity contribution in [2.75, 3.05) is 6.54 Å². The van der Waals surface area contributed by atoms with Crippen LogP contribution >= 0.6 is 11.6 Å². The van der Waals surface area contributed by atoms with Gasteiger partial charge in [0.25, 0.3) is 0 Å². The van der Waals surface area contributed by atoms with Gasteiger partial charge in [-0.2, -0.15) is 13.2 Å². The number of carbonyl (C=O) groups excluding carboxylic acids is 1. The zero-order valence-electron chi connectivity index (χ0n) is 8.66. The van der Waals surface area contributed by atoms with Crippen LogP contribution in [-0.2, 0) is 21.0 Å². The average Bonchev–Trinajstić information content (AvgIpc) is 2.26. The highest BCUT2D eigenvalue weighted by atomic mass is 35.5. The van der Waals surface area contributed by atoms with E-state index >= 15 is 0 Å². The third-order valence-electron chi connectivity index (χ3n) is 1.89. The topological polar surface area (TPSA) is 63.2 Å². The van der Waals surface area contributed by atoms with Gasteiger partial charge in [0.2, 0.25) is 15.3 Å². The fraction of sp³-hybridized carbons (Fsp3) is 0.222. The fourth-order valence-electron chi connectivity index (χ4n) is 1.06. The number of hydrogen-bond donors (Lipinski definition) is 1. The molecule has 0 aliphatic carbocycles. The number of sulfonamides is 1. The molecule has 0 aromatic heterocycles. The number of halogens is 4. The molecular formula is C9H7ClF3NO3S. The molecule has 18 heavy (non-hydrogen) atoms. The lowest BCUT2D eigenvalue weighted by Gasteiger charge is -2.08. The second-order valence-electron chi connectivity index (χ2n) is 3.20. The zero-order valence-corrected chi connectivity index (χ0v) is 10.2. The molecule has 0 unspecified atom stereocenters. The average molecular weight is 302 g/mol. The van der Waals surface area contributed by atoms with Crippen molar-refractivity contribution in [1.29, 1.82) is 0 Å². The second kappa shape index (κ2) is 5.25. The van der Waals surface area contributed by atoms with E-state index in [1.165, 1.54) is 0 Å². The zero-order chi connectivity index (χ0) is 14.0. The first-order valence-electron chi connectivity index (χ1n) is 4.48. The standard InChI is InChI=1S/C9H7ClF3NO3S/c10-8(15)5-14-18(16,17)7-3-1-6(2-4-7)9(11,12)13/h1-4,14H,5H2. The third kappa shape index (κ3) is 3.97. The smallest absolute Gasteiger partial charge is 0.280 e. The summed E-state index contributed by atoms with van der Waals surface area (Å²) in [6.07, 6.45) is -4.54. The number of rotatable bonds is 4. The summed E-state index contributed by atoms with van der Waals surface area (Å²) >= 11 is 4.94. The minimum Gasteiger partial charge on any atom is -0.280 e. The molecule has 0 bridgehead atoms. The van der Waals surface area contributed by atoms with Crippen molar-refractivity contribution < 1.29 is 26.4 Å². The van der Waals surface area contributed by atoms with E-state index < -0.39 is 33.6 Å². The van der Waals surface area contributed by atoms with Crippen LogP contribution in [0.2, 0.25) is 0 Å². The Morgan fingerprint density at radius 2 is 1.72 bits per heavy atom. The predicted octanol–water partition coefficient (Wildman–Crippen LogP) is 1.75. The van der Waals surface area contributed by atoms with E-state index in [1.54, 1.807) is 0 Å². The van der Waals surface area contributed by atoms with E-state index in [0.29, 0.717) is 12.1 Å². The SMILES string of the molecule is O=C(Cl)CNS(=O)(=O)c1ccc(C(F)(F)F)cc1. The van der Waals surface area contributed by atoms with Crippen molar-refractivity contribution in [2.24, 2.45) is 0 Å². The van der Waals surface area contributed by atoms with E-state index in [-0.39, 0.29) is 4.90 Å². The summed E-state index contributed by atoms with van der Waals surface area (Å²) in [6, 6.07) is 2.86. The quantitative estimate of drug-likeness (QED) is 0.862. The van der Waals surface area contributed by atoms with Crippen LogP contribution < -0.4 is 4.72 Å². The van der Waals surface area contributed by atoms with Gasteiger partial charge in [0.15, 0.2) is 0 Å². The van der Waals surface area contributed by atoms with Gasteiger partial charge in [0.1, 0.15) is 0 Å². The molecule has 0 heterocycles. The van der Waals surface area contributed by atoms with Crippen LogP contribution in [0.3, 0.4) is 0 Å². The van der Waals surface area contributed by atoms with Crippen LogP contribution in [0, 0.1) is 0 Å². The van der Waals surface area contributed by atoms with Gasteiger partial charge in [-0.05, 0) is 35.9 Å². The number of carbonyl (C=O) groups is 1. The van der Waals surface area contributed by atoms with Crippen molar-refractivity contribution in [1.82, 2.24) is 4.72 Å². The molecule has 4 nitrogen and oxygen atoms in total. The molecule has 0 spiro atoms. The molecule has 0 aliphatic rings. The Morgan fingerprint density at radius 1 is 1.22 bits per heavy atom. The lowest BCUT2D eigenvalue weighted by molar-refractivity contribution is -0.137. The van der Waals surface area contributed by atoms with E-state index in [1.807, 2.05) is 4.72 Å². The summed E-state index contributed by atoms with van der Waals surface area (Å²) in [4.78, 5) is 10.0. The van der Waals surface area contributed by atoms with Gasteiger partial charge in [-0.15, -0.1) is 0 Å². The van der Waals surface area contributed by atoms with Gasteiger partial charge in [-0.3, -0.25) is 4.79 Å². The maximum Gasteiger partial charge on any atom is 0.416 e. The van der Waals surface area contributed by atoms with Crippen LogP contribution in [0.5, 0.6) is 0 Å². The van der Waals surface area contributed by atoms with Gasteiger partial charge in [-0.1, -0.05) is 0 Å². The first kappa shape index (κ1) is 14.9. The Bertz CT molecular complexity index is 539. The summed E-state index contributed by atoms with van der Waals surface area (Å²) in [7, 11) is -4.04. The van der Waals surface area contributed by atoms with E-state index in [9.17, 15) is 26.4 Å². The number of nitrogens with one attached hydrogen (secondary N) is 1. The fourth-order valence-corrected chi connectivity index (χ4v) is 2.19. The first-order chi connectivity index (χ1) is 8.13. The number of benzene rings is 1. The summed E-state index contributed by atoms with van der Waals surface area (Å²) < 4.78 is 61.6. The van der Waals surface area contributed by atoms with Crippen LogP contribution in [-0.4, -0.2) is 20.2 Å². The minimum atomic E-state index is -4.54. The van der Waals surface area contributed by atoms with Gasteiger partial charge >= 0.3 is 6.18 Å². The van der Waals surface area contributed by atoms with Gasteiger partial charge in [-0.25, -0.2) is 13.1 Å². The van der Waals surface area contributed by atoms with E-state index in [4.69, 9.17) is 11.6 Å². The number of alkyl halides is 3. The van der Waals surface area contributed by atoms with E-state index in [0.717, 1.165) is 12.1 Å². The van der Waals surface area contributed by atoms with Gasteiger partial charge in [0, 0.05) is 0 Å². The normalized spacial score (nSPS) is 12.4. The molecule has 0 fully saturated rings. The monoisotopic (exact) mass is 301 g/mol. The lowest BCUT2D eigenvalue weighted by atomic mass is 10.2. The molecule has 0 atom stereocenters. The van der Waals surface area contributed by atoms with Crippen molar-refractivity contribution in [3.8, 4) is 0 Å². The lowest BCUT2D eigenvalue weighted by Crippen LogP contribution is -2.27. The maximum absolute atomic E-state index is 12.2. The Balaban J connectivity index is 2.95. The van der Waals surface area contributed by atoms with Crippen LogP contribution in [0.4, 0.5) is 13.2 Å². The number of hydrogen-bond acceptors (Lipinski definition) is 3. The molecule has 1 aromatic rings. The van der Waals surface area contributed by atoms with Crippen molar-refractivity contribution in [3.05, 3.63) is 29.8 Å². The maximum atomic E-state index is 12.2. The largest absolute Gasteiger partial charge is 0.416 e. The molecule has 9 heteroatoms. The predicted molar refractivity (Wildman–Crippen MR) is 57.5 cm³/mol. The molecule has 0 radical (unpaired) electrons.